The minimum Gasteiger partial charge on any atom is -0.478 e. The second-order valence-electron chi connectivity index (χ2n) is 6.05. The molecule has 0 amide bonds. The fourth-order valence-corrected chi connectivity index (χ4v) is 2.57. The zero-order valence-corrected chi connectivity index (χ0v) is 13.9. The SMILES string of the molecule is C=CCCCCCCCCCCCCCC(C)=CC(=O)O. The lowest BCUT2D eigenvalue weighted by atomic mass is 10.0. The summed E-state index contributed by atoms with van der Waals surface area (Å²) >= 11 is 0. The topological polar surface area (TPSA) is 37.3 Å². The summed E-state index contributed by atoms with van der Waals surface area (Å²) in [5, 5.41) is 8.61. The van der Waals surface area contributed by atoms with Gasteiger partial charge >= 0.3 is 5.97 Å². The van der Waals surface area contributed by atoms with E-state index in [0.717, 1.165) is 18.4 Å². The van der Waals surface area contributed by atoms with Crippen LogP contribution in [0, 0.1) is 0 Å². The van der Waals surface area contributed by atoms with Crippen molar-refractivity contribution in [2.24, 2.45) is 0 Å². The van der Waals surface area contributed by atoms with Crippen molar-refractivity contribution in [2.75, 3.05) is 0 Å². The van der Waals surface area contributed by atoms with Gasteiger partial charge in [0.15, 0.2) is 0 Å². The van der Waals surface area contributed by atoms with E-state index in [4.69, 9.17) is 5.11 Å². The van der Waals surface area contributed by atoms with E-state index >= 15 is 0 Å². The molecule has 1 N–H and O–H groups in total. The molecule has 0 fully saturated rings. The Balaban J connectivity index is 3.16. The van der Waals surface area contributed by atoms with Gasteiger partial charge in [-0.05, 0) is 32.6 Å². The number of hydrogen-bond acceptors (Lipinski definition) is 1. The van der Waals surface area contributed by atoms with Gasteiger partial charge in [-0.25, -0.2) is 4.79 Å². The molecule has 0 radical (unpaired) electrons. The highest BCUT2D eigenvalue weighted by Crippen LogP contribution is 2.14. The van der Waals surface area contributed by atoms with E-state index < -0.39 is 5.97 Å². The van der Waals surface area contributed by atoms with Crippen LogP contribution in [0.25, 0.3) is 0 Å². The zero-order chi connectivity index (χ0) is 15.8. The zero-order valence-electron chi connectivity index (χ0n) is 13.9. The molecule has 0 aromatic carbocycles. The van der Waals surface area contributed by atoms with Crippen LogP contribution in [0.2, 0.25) is 0 Å². The molecule has 0 spiro atoms. The van der Waals surface area contributed by atoms with Crippen LogP contribution >= 0.6 is 0 Å². The van der Waals surface area contributed by atoms with Gasteiger partial charge < -0.3 is 5.11 Å². The Bertz CT molecular complexity index is 292. The fourth-order valence-electron chi connectivity index (χ4n) is 2.57. The Hall–Kier alpha value is -1.05. The van der Waals surface area contributed by atoms with Crippen LogP contribution in [-0.4, -0.2) is 11.1 Å². The molecule has 0 bridgehead atoms. The normalized spacial score (nSPS) is 11.6. The van der Waals surface area contributed by atoms with E-state index in [9.17, 15) is 4.79 Å². The molecule has 0 atom stereocenters. The number of carboxylic acid groups (broad SMARTS) is 1. The van der Waals surface area contributed by atoms with Gasteiger partial charge in [0.25, 0.3) is 0 Å². The van der Waals surface area contributed by atoms with Gasteiger partial charge in [0.2, 0.25) is 0 Å². The van der Waals surface area contributed by atoms with Crippen molar-refractivity contribution in [3.63, 3.8) is 0 Å². The highest BCUT2D eigenvalue weighted by molar-refractivity contribution is 5.80. The van der Waals surface area contributed by atoms with Crippen molar-refractivity contribution in [2.45, 2.75) is 90.4 Å². The van der Waals surface area contributed by atoms with Crippen LogP contribution in [-0.2, 0) is 4.79 Å². The van der Waals surface area contributed by atoms with E-state index in [2.05, 4.69) is 6.58 Å². The van der Waals surface area contributed by atoms with Gasteiger partial charge in [-0.3, -0.25) is 0 Å². The Morgan fingerprint density at radius 2 is 1.29 bits per heavy atom. The highest BCUT2D eigenvalue weighted by atomic mass is 16.4. The van der Waals surface area contributed by atoms with Crippen molar-refractivity contribution in [1.82, 2.24) is 0 Å². The van der Waals surface area contributed by atoms with E-state index in [0.29, 0.717) is 0 Å². The van der Waals surface area contributed by atoms with Crippen molar-refractivity contribution in [3.05, 3.63) is 24.3 Å². The molecule has 21 heavy (non-hydrogen) atoms. The smallest absolute Gasteiger partial charge is 0.328 e. The standard InChI is InChI=1S/C19H34O2/c1-3-4-5-6-7-8-9-10-11-12-13-14-15-16-18(2)17-19(20)21/h3,17H,1,4-16H2,2H3,(H,20,21). The van der Waals surface area contributed by atoms with Crippen LogP contribution in [0.3, 0.4) is 0 Å². The van der Waals surface area contributed by atoms with Gasteiger partial charge in [0.1, 0.15) is 0 Å². The van der Waals surface area contributed by atoms with Crippen LogP contribution in [0.5, 0.6) is 0 Å². The third-order valence-corrected chi connectivity index (χ3v) is 3.85. The summed E-state index contributed by atoms with van der Waals surface area (Å²) in [6, 6.07) is 0. The van der Waals surface area contributed by atoms with Crippen LogP contribution in [0.4, 0.5) is 0 Å². The number of rotatable bonds is 15. The number of unbranched alkanes of at least 4 members (excludes halogenated alkanes) is 11. The summed E-state index contributed by atoms with van der Waals surface area (Å²) in [5.74, 6) is -0.822. The summed E-state index contributed by atoms with van der Waals surface area (Å²) in [7, 11) is 0. The molecule has 0 saturated heterocycles. The maximum Gasteiger partial charge on any atom is 0.328 e. The molecule has 2 heteroatoms. The first-order chi connectivity index (χ1) is 10.2. The largest absolute Gasteiger partial charge is 0.478 e. The molecular weight excluding hydrogens is 260 g/mol. The number of hydrogen-bond donors (Lipinski definition) is 1. The maximum absolute atomic E-state index is 10.5. The number of aliphatic carboxylic acids is 1. The lowest BCUT2D eigenvalue weighted by Gasteiger charge is -2.03. The number of carboxylic acids is 1. The minimum atomic E-state index is -0.822. The lowest BCUT2D eigenvalue weighted by molar-refractivity contribution is -0.131. The van der Waals surface area contributed by atoms with Gasteiger partial charge in [0, 0.05) is 6.08 Å². The van der Waals surface area contributed by atoms with E-state index in [-0.39, 0.29) is 0 Å². The molecule has 2 nitrogen and oxygen atoms in total. The minimum absolute atomic E-state index is 0.822. The lowest BCUT2D eigenvalue weighted by Crippen LogP contribution is -1.90. The van der Waals surface area contributed by atoms with E-state index in [1.54, 1.807) is 0 Å². The van der Waals surface area contributed by atoms with Crippen LogP contribution < -0.4 is 0 Å². The Morgan fingerprint density at radius 1 is 0.857 bits per heavy atom. The quantitative estimate of drug-likeness (QED) is 0.219. The second kappa shape index (κ2) is 15.3. The summed E-state index contributed by atoms with van der Waals surface area (Å²) < 4.78 is 0. The monoisotopic (exact) mass is 294 g/mol. The molecule has 0 aliphatic carbocycles. The van der Waals surface area contributed by atoms with Crippen molar-refractivity contribution in [3.8, 4) is 0 Å². The average Bonchev–Trinajstić information content (AvgIpc) is 2.43. The van der Waals surface area contributed by atoms with E-state index in [1.165, 1.54) is 76.7 Å². The van der Waals surface area contributed by atoms with Crippen molar-refractivity contribution in [1.29, 1.82) is 0 Å². The summed E-state index contributed by atoms with van der Waals surface area (Å²) in [5.41, 5.74) is 0.985. The number of carbonyl (C=O) groups is 1. The van der Waals surface area contributed by atoms with E-state index in [1.807, 2.05) is 13.0 Å². The summed E-state index contributed by atoms with van der Waals surface area (Å²) in [6.45, 7) is 5.65. The van der Waals surface area contributed by atoms with Crippen molar-refractivity contribution < 1.29 is 9.90 Å². The first kappa shape index (κ1) is 19.9. The first-order valence-electron chi connectivity index (χ1n) is 8.68. The Labute approximate surface area is 131 Å². The van der Waals surface area contributed by atoms with Gasteiger partial charge in [-0.15, -0.1) is 6.58 Å². The fraction of sp³-hybridized carbons (Fsp3) is 0.737. The Kier molecular flexibility index (Phi) is 14.6. The molecule has 0 rings (SSSR count). The molecule has 0 aromatic heterocycles. The molecular formula is C19H34O2. The van der Waals surface area contributed by atoms with Gasteiger partial charge in [-0.1, -0.05) is 69.4 Å². The second-order valence-corrected chi connectivity index (χ2v) is 6.05. The first-order valence-corrected chi connectivity index (χ1v) is 8.68. The molecule has 0 saturated carbocycles. The van der Waals surface area contributed by atoms with Crippen LogP contribution in [0.15, 0.2) is 24.3 Å². The average molecular weight is 294 g/mol. The molecule has 0 aliphatic heterocycles. The third kappa shape index (κ3) is 16.9. The van der Waals surface area contributed by atoms with Crippen molar-refractivity contribution >= 4 is 5.97 Å². The molecule has 0 unspecified atom stereocenters. The predicted octanol–water partition coefficient (Wildman–Crippen LogP) is 6.27. The molecule has 0 aliphatic rings. The predicted molar refractivity (Wildman–Crippen MR) is 91.6 cm³/mol. The molecule has 0 heterocycles. The summed E-state index contributed by atoms with van der Waals surface area (Å²) in [6.07, 6.45) is 20.0. The summed E-state index contributed by atoms with van der Waals surface area (Å²) in [4.78, 5) is 10.5. The Morgan fingerprint density at radius 3 is 1.71 bits per heavy atom. The molecule has 0 aromatic rings. The highest BCUT2D eigenvalue weighted by Gasteiger charge is 1.96. The van der Waals surface area contributed by atoms with Gasteiger partial charge in [-0.2, -0.15) is 0 Å². The van der Waals surface area contributed by atoms with Crippen LogP contribution in [0.1, 0.15) is 90.4 Å². The number of allylic oxidation sites excluding steroid dienone is 2. The maximum atomic E-state index is 10.5. The third-order valence-electron chi connectivity index (χ3n) is 3.85. The van der Waals surface area contributed by atoms with Gasteiger partial charge in [0.05, 0.1) is 0 Å². The molecule has 122 valence electrons.